The fraction of sp³-hybridized carbons (Fsp3) is 0.474. The molecule has 1 aliphatic rings. The van der Waals surface area contributed by atoms with Crippen LogP contribution < -0.4 is 5.32 Å². The normalized spacial score (nSPS) is 19.8. The highest BCUT2D eigenvalue weighted by Crippen LogP contribution is 2.27. The summed E-state index contributed by atoms with van der Waals surface area (Å²) in [6.45, 7) is 6.85. The SMILES string of the molecule is CCN(CC(=O)O)C1CC(NC(=O)c2cc3c(C)c(C)ccc3[nH]2)C1. The molecule has 2 aromatic rings. The van der Waals surface area contributed by atoms with Gasteiger partial charge >= 0.3 is 5.97 Å². The Morgan fingerprint density at radius 3 is 2.68 bits per heavy atom. The number of aryl methyl sites for hydroxylation is 2. The van der Waals surface area contributed by atoms with Crippen LogP contribution in [0.1, 0.15) is 41.4 Å². The quantitative estimate of drug-likeness (QED) is 0.752. The monoisotopic (exact) mass is 343 g/mol. The Balaban J connectivity index is 1.61. The number of amides is 1. The van der Waals surface area contributed by atoms with Crippen LogP contribution in [0.4, 0.5) is 0 Å². The molecule has 1 amide bonds. The Morgan fingerprint density at radius 1 is 1.32 bits per heavy atom. The summed E-state index contributed by atoms with van der Waals surface area (Å²) in [5.74, 6) is -0.906. The van der Waals surface area contributed by atoms with Gasteiger partial charge in [-0.3, -0.25) is 14.5 Å². The van der Waals surface area contributed by atoms with Gasteiger partial charge in [-0.15, -0.1) is 0 Å². The number of carbonyl (C=O) groups excluding carboxylic acids is 1. The number of rotatable bonds is 6. The third kappa shape index (κ3) is 3.54. The van der Waals surface area contributed by atoms with Crippen LogP contribution in [0.5, 0.6) is 0 Å². The summed E-state index contributed by atoms with van der Waals surface area (Å²) in [6, 6.07) is 6.30. The van der Waals surface area contributed by atoms with Gasteiger partial charge in [0.15, 0.2) is 0 Å². The first-order chi connectivity index (χ1) is 11.9. The molecule has 0 saturated heterocycles. The molecule has 3 rings (SSSR count). The summed E-state index contributed by atoms with van der Waals surface area (Å²) in [4.78, 5) is 28.5. The van der Waals surface area contributed by atoms with E-state index in [1.165, 1.54) is 11.1 Å². The number of carboxylic acid groups (broad SMARTS) is 1. The zero-order chi connectivity index (χ0) is 18.1. The summed E-state index contributed by atoms with van der Waals surface area (Å²) in [5.41, 5.74) is 3.94. The molecule has 0 spiro atoms. The Bertz CT molecular complexity index is 806. The van der Waals surface area contributed by atoms with Crippen LogP contribution >= 0.6 is 0 Å². The Morgan fingerprint density at radius 2 is 2.04 bits per heavy atom. The number of fused-ring (bicyclic) bond motifs is 1. The number of aromatic nitrogens is 1. The number of hydrogen-bond donors (Lipinski definition) is 3. The maximum absolute atomic E-state index is 12.5. The van der Waals surface area contributed by atoms with Gasteiger partial charge in [0, 0.05) is 23.0 Å². The minimum Gasteiger partial charge on any atom is -0.480 e. The fourth-order valence-electron chi connectivity index (χ4n) is 3.52. The summed E-state index contributed by atoms with van der Waals surface area (Å²) in [7, 11) is 0. The van der Waals surface area contributed by atoms with Gasteiger partial charge in [0.2, 0.25) is 0 Å². The number of carboxylic acids is 1. The summed E-state index contributed by atoms with van der Waals surface area (Å²) < 4.78 is 0. The molecule has 0 atom stereocenters. The lowest BCUT2D eigenvalue weighted by atomic mass is 9.85. The molecule has 1 aromatic carbocycles. The minimum absolute atomic E-state index is 0.0580. The molecule has 1 saturated carbocycles. The average Bonchev–Trinajstić information content (AvgIpc) is 2.97. The van der Waals surface area contributed by atoms with Crippen LogP contribution in [0.15, 0.2) is 18.2 Å². The van der Waals surface area contributed by atoms with Gasteiger partial charge in [0.1, 0.15) is 5.69 Å². The second-order valence-corrected chi connectivity index (χ2v) is 6.90. The first kappa shape index (κ1) is 17.5. The lowest BCUT2D eigenvalue weighted by Crippen LogP contribution is -2.54. The van der Waals surface area contributed by atoms with Crippen molar-refractivity contribution in [1.82, 2.24) is 15.2 Å². The maximum atomic E-state index is 12.5. The predicted octanol–water partition coefficient (Wildman–Crippen LogP) is 2.45. The third-order valence-electron chi connectivity index (χ3n) is 5.30. The minimum atomic E-state index is -0.807. The number of nitrogens with one attached hydrogen (secondary N) is 2. The highest BCUT2D eigenvalue weighted by molar-refractivity contribution is 5.99. The summed E-state index contributed by atoms with van der Waals surface area (Å²) >= 11 is 0. The van der Waals surface area contributed by atoms with Crippen LogP contribution in [0.25, 0.3) is 10.9 Å². The van der Waals surface area contributed by atoms with Gasteiger partial charge in [-0.2, -0.15) is 0 Å². The van der Waals surface area contributed by atoms with Crippen molar-refractivity contribution in [3.8, 4) is 0 Å². The van der Waals surface area contributed by atoms with Crippen molar-refractivity contribution in [2.45, 2.75) is 45.7 Å². The van der Waals surface area contributed by atoms with Crippen molar-refractivity contribution in [1.29, 1.82) is 0 Å². The van der Waals surface area contributed by atoms with E-state index in [9.17, 15) is 9.59 Å². The fourth-order valence-corrected chi connectivity index (χ4v) is 3.52. The second-order valence-electron chi connectivity index (χ2n) is 6.90. The molecule has 1 fully saturated rings. The zero-order valence-electron chi connectivity index (χ0n) is 14.9. The summed E-state index contributed by atoms with van der Waals surface area (Å²) in [5, 5.41) is 13.1. The van der Waals surface area contributed by atoms with E-state index in [1.807, 2.05) is 30.0 Å². The van der Waals surface area contributed by atoms with Crippen molar-refractivity contribution in [3.05, 3.63) is 35.0 Å². The largest absolute Gasteiger partial charge is 0.480 e. The molecule has 6 nitrogen and oxygen atoms in total. The molecule has 0 bridgehead atoms. The molecule has 0 aliphatic heterocycles. The summed E-state index contributed by atoms with van der Waals surface area (Å²) in [6.07, 6.45) is 1.59. The molecule has 0 radical (unpaired) electrons. The highest BCUT2D eigenvalue weighted by Gasteiger charge is 2.34. The Kier molecular flexibility index (Phi) is 4.81. The number of benzene rings is 1. The lowest BCUT2D eigenvalue weighted by molar-refractivity contribution is -0.139. The van der Waals surface area contributed by atoms with Crippen molar-refractivity contribution < 1.29 is 14.7 Å². The van der Waals surface area contributed by atoms with Crippen molar-refractivity contribution in [2.24, 2.45) is 0 Å². The van der Waals surface area contributed by atoms with E-state index in [0.29, 0.717) is 12.2 Å². The number of carbonyl (C=O) groups is 2. The number of aromatic amines is 1. The number of nitrogens with zero attached hydrogens (tertiary/aromatic N) is 1. The van der Waals surface area contributed by atoms with E-state index < -0.39 is 5.97 Å². The van der Waals surface area contributed by atoms with Gasteiger partial charge in [-0.05, 0) is 56.5 Å². The molecule has 25 heavy (non-hydrogen) atoms. The average molecular weight is 343 g/mol. The van der Waals surface area contributed by atoms with Gasteiger partial charge in [0.05, 0.1) is 6.54 Å². The number of aliphatic carboxylic acids is 1. The molecule has 1 heterocycles. The Hall–Kier alpha value is -2.34. The molecular weight excluding hydrogens is 318 g/mol. The van der Waals surface area contributed by atoms with Crippen molar-refractivity contribution in [2.75, 3.05) is 13.1 Å². The van der Waals surface area contributed by atoms with Crippen LogP contribution in [-0.2, 0) is 4.79 Å². The second kappa shape index (κ2) is 6.88. The molecule has 3 N–H and O–H groups in total. The van der Waals surface area contributed by atoms with E-state index in [0.717, 1.165) is 23.7 Å². The Labute approximate surface area is 147 Å². The lowest BCUT2D eigenvalue weighted by Gasteiger charge is -2.42. The maximum Gasteiger partial charge on any atom is 0.317 e. The topological polar surface area (TPSA) is 85.4 Å². The van der Waals surface area contributed by atoms with E-state index in [4.69, 9.17) is 5.11 Å². The zero-order valence-corrected chi connectivity index (χ0v) is 14.9. The molecule has 0 unspecified atom stereocenters. The van der Waals surface area contributed by atoms with Crippen LogP contribution in [-0.4, -0.2) is 52.0 Å². The molecular formula is C19H25N3O3. The van der Waals surface area contributed by atoms with Gasteiger partial charge in [-0.1, -0.05) is 13.0 Å². The highest BCUT2D eigenvalue weighted by atomic mass is 16.4. The smallest absolute Gasteiger partial charge is 0.317 e. The molecule has 134 valence electrons. The number of H-pyrrole nitrogens is 1. The van der Waals surface area contributed by atoms with Crippen molar-refractivity contribution >= 4 is 22.8 Å². The van der Waals surface area contributed by atoms with Crippen LogP contribution in [0.2, 0.25) is 0 Å². The van der Waals surface area contributed by atoms with E-state index in [2.05, 4.69) is 24.1 Å². The third-order valence-corrected chi connectivity index (χ3v) is 5.30. The molecule has 6 heteroatoms. The van der Waals surface area contributed by atoms with Gasteiger partial charge in [-0.25, -0.2) is 0 Å². The predicted molar refractivity (Wildman–Crippen MR) is 96.9 cm³/mol. The van der Waals surface area contributed by atoms with Crippen molar-refractivity contribution in [3.63, 3.8) is 0 Å². The number of hydrogen-bond acceptors (Lipinski definition) is 3. The van der Waals surface area contributed by atoms with E-state index in [-0.39, 0.29) is 24.5 Å². The van der Waals surface area contributed by atoms with Gasteiger partial charge in [0.25, 0.3) is 5.91 Å². The molecule has 1 aliphatic carbocycles. The van der Waals surface area contributed by atoms with Gasteiger partial charge < -0.3 is 15.4 Å². The van der Waals surface area contributed by atoms with Crippen LogP contribution in [0, 0.1) is 13.8 Å². The van der Waals surface area contributed by atoms with Crippen LogP contribution in [0.3, 0.4) is 0 Å². The van der Waals surface area contributed by atoms with E-state index >= 15 is 0 Å². The standard InChI is InChI=1S/C19H25N3O3/c1-4-22(10-18(23)24)14-7-13(8-14)20-19(25)17-9-15-12(3)11(2)5-6-16(15)21-17/h5-6,9,13-14,21H,4,7-8,10H2,1-3H3,(H,20,25)(H,23,24). The number of likely N-dealkylation sites (N-methyl/N-ethyl adjacent to an activating group) is 1. The first-order valence-corrected chi connectivity index (χ1v) is 8.74. The van der Waals surface area contributed by atoms with E-state index in [1.54, 1.807) is 0 Å². The molecule has 1 aromatic heterocycles. The first-order valence-electron chi connectivity index (χ1n) is 8.74.